The molecule has 0 radical (unpaired) electrons. The summed E-state index contributed by atoms with van der Waals surface area (Å²) < 4.78 is 0. The zero-order valence-corrected chi connectivity index (χ0v) is 13.1. The Kier molecular flexibility index (Phi) is 2.59. The van der Waals surface area contributed by atoms with Crippen LogP contribution in [0.4, 0.5) is 5.69 Å². The summed E-state index contributed by atoms with van der Waals surface area (Å²) in [6.45, 7) is 2.31. The van der Waals surface area contributed by atoms with Crippen molar-refractivity contribution in [3.8, 4) is 0 Å². The van der Waals surface area contributed by atoms with Crippen molar-refractivity contribution in [1.29, 1.82) is 0 Å². The summed E-state index contributed by atoms with van der Waals surface area (Å²) in [6, 6.07) is 7.99. The van der Waals surface area contributed by atoms with Gasteiger partial charge in [0.15, 0.2) is 0 Å². The second kappa shape index (κ2) is 4.47. The van der Waals surface area contributed by atoms with Gasteiger partial charge in [-0.3, -0.25) is 14.5 Å². The lowest BCUT2D eigenvalue weighted by Crippen LogP contribution is -2.40. The Morgan fingerprint density at radius 3 is 2.35 bits per heavy atom. The number of hydrogen-bond donors (Lipinski definition) is 1. The van der Waals surface area contributed by atoms with Crippen LogP contribution >= 0.6 is 0 Å². The highest BCUT2D eigenvalue weighted by Gasteiger charge is 2.66. The molecule has 2 saturated carbocycles. The van der Waals surface area contributed by atoms with Gasteiger partial charge in [-0.05, 0) is 54.7 Å². The third kappa shape index (κ3) is 1.78. The van der Waals surface area contributed by atoms with Crippen molar-refractivity contribution in [2.45, 2.75) is 13.3 Å². The molecule has 1 aliphatic heterocycles. The molecule has 5 aliphatic rings. The average molecular weight is 308 g/mol. The van der Waals surface area contributed by atoms with E-state index in [4.69, 9.17) is 0 Å². The first-order valence-electron chi connectivity index (χ1n) is 8.49. The normalized spacial score (nSPS) is 39.4. The minimum absolute atomic E-state index is 0.0323. The zero-order valence-electron chi connectivity index (χ0n) is 13.1. The van der Waals surface area contributed by atoms with Crippen LogP contribution in [0.25, 0.3) is 0 Å². The van der Waals surface area contributed by atoms with Crippen LogP contribution in [0.2, 0.25) is 0 Å². The van der Waals surface area contributed by atoms with Gasteiger partial charge in [-0.15, -0.1) is 0 Å². The predicted octanol–water partition coefficient (Wildman–Crippen LogP) is 2.42. The molecule has 6 atom stereocenters. The molecule has 2 bridgehead atoms. The molecule has 0 aromatic heterocycles. The molecule has 4 heteroatoms. The number of nitrogens with one attached hydrogen (secondary N) is 1. The largest absolute Gasteiger partial charge is 0.367 e. The van der Waals surface area contributed by atoms with Gasteiger partial charge in [-0.2, -0.15) is 0 Å². The minimum atomic E-state index is -0.0967. The van der Waals surface area contributed by atoms with Gasteiger partial charge in [0.2, 0.25) is 11.8 Å². The maximum atomic E-state index is 12.8. The van der Waals surface area contributed by atoms with Crippen LogP contribution in [-0.2, 0) is 9.59 Å². The second-order valence-corrected chi connectivity index (χ2v) is 7.46. The highest BCUT2D eigenvalue weighted by Crippen LogP contribution is 2.65. The first kappa shape index (κ1) is 13.3. The highest BCUT2D eigenvalue weighted by atomic mass is 16.2. The van der Waals surface area contributed by atoms with Gasteiger partial charge in [0.05, 0.1) is 18.5 Å². The number of likely N-dealkylation sites (tertiary alicyclic amines) is 1. The van der Waals surface area contributed by atoms with E-state index >= 15 is 0 Å². The first-order valence-corrected chi connectivity index (χ1v) is 8.49. The lowest BCUT2D eigenvalue weighted by molar-refractivity contribution is -0.139. The molecular formula is C19H20N2O2. The number of benzene rings is 1. The molecular weight excluding hydrogens is 288 g/mol. The summed E-state index contributed by atoms with van der Waals surface area (Å²) in [4.78, 5) is 27.1. The third-order valence-corrected chi connectivity index (χ3v) is 6.21. The van der Waals surface area contributed by atoms with Crippen molar-refractivity contribution in [2.75, 3.05) is 12.0 Å². The summed E-state index contributed by atoms with van der Waals surface area (Å²) >= 11 is 0. The fraction of sp³-hybridized carbons (Fsp3) is 0.474. The van der Waals surface area contributed by atoms with Crippen LogP contribution in [0.15, 0.2) is 36.4 Å². The number of carbonyl (C=O) groups excluding carboxylic acids is 2. The molecule has 1 N–H and O–H groups in total. The molecule has 118 valence electrons. The van der Waals surface area contributed by atoms with Gasteiger partial charge in [0.25, 0.3) is 0 Å². The van der Waals surface area contributed by atoms with Crippen molar-refractivity contribution in [1.82, 2.24) is 4.90 Å². The Balaban J connectivity index is 1.37. The molecule has 23 heavy (non-hydrogen) atoms. The van der Waals surface area contributed by atoms with Gasteiger partial charge < -0.3 is 5.32 Å². The van der Waals surface area contributed by atoms with Crippen molar-refractivity contribution in [3.05, 3.63) is 42.0 Å². The van der Waals surface area contributed by atoms with E-state index in [1.165, 1.54) is 11.3 Å². The Morgan fingerprint density at radius 1 is 1.09 bits per heavy atom. The fourth-order valence-electron chi connectivity index (χ4n) is 5.10. The molecule has 4 aliphatic carbocycles. The number of carbonyl (C=O) groups is 2. The average Bonchev–Trinajstić information content (AvgIpc) is 3.32. The maximum Gasteiger partial charge on any atom is 0.235 e. The second-order valence-electron chi connectivity index (χ2n) is 7.46. The Hall–Kier alpha value is -2.10. The SMILES string of the molecule is Cc1cccc(NCN2C(=O)C3C4C=CC(C5CC45)C3C2=O)c1. The lowest BCUT2D eigenvalue weighted by Gasteiger charge is -2.37. The van der Waals surface area contributed by atoms with Crippen LogP contribution < -0.4 is 5.32 Å². The van der Waals surface area contributed by atoms with Crippen LogP contribution in [0, 0.1) is 42.4 Å². The molecule has 2 amide bonds. The van der Waals surface area contributed by atoms with Crippen LogP contribution in [0.5, 0.6) is 0 Å². The number of aryl methyl sites for hydroxylation is 1. The number of nitrogens with zero attached hydrogens (tertiary/aromatic N) is 1. The highest BCUT2D eigenvalue weighted by molar-refractivity contribution is 6.06. The number of amides is 2. The lowest BCUT2D eigenvalue weighted by atomic mass is 9.63. The summed E-state index contributed by atoms with van der Waals surface area (Å²) in [5, 5.41) is 3.23. The van der Waals surface area contributed by atoms with E-state index < -0.39 is 0 Å². The van der Waals surface area contributed by atoms with Gasteiger partial charge in [0.1, 0.15) is 0 Å². The van der Waals surface area contributed by atoms with E-state index in [1.807, 2.05) is 31.2 Å². The van der Waals surface area contributed by atoms with Crippen molar-refractivity contribution < 1.29 is 9.59 Å². The van der Waals surface area contributed by atoms with E-state index in [9.17, 15) is 9.59 Å². The number of imide groups is 1. The number of allylic oxidation sites excluding steroid dienone is 2. The molecule has 1 heterocycles. The molecule has 6 unspecified atom stereocenters. The summed E-state index contributed by atoms with van der Waals surface area (Å²) in [5.41, 5.74) is 2.11. The van der Waals surface area contributed by atoms with Crippen molar-refractivity contribution >= 4 is 17.5 Å². The van der Waals surface area contributed by atoms with Crippen LogP contribution in [-0.4, -0.2) is 23.4 Å². The molecule has 1 aromatic rings. The zero-order chi connectivity index (χ0) is 15.7. The van der Waals surface area contributed by atoms with Crippen molar-refractivity contribution in [3.63, 3.8) is 0 Å². The Morgan fingerprint density at radius 2 is 1.74 bits per heavy atom. The van der Waals surface area contributed by atoms with Crippen molar-refractivity contribution in [2.24, 2.45) is 35.5 Å². The number of rotatable bonds is 3. The molecule has 0 spiro atoms. The molecule has 6 rings (SSSR count). The fourth-order valence-corrected chi connectivity index (χ4v) is 5.10. The van der Waals surface area contributed by atoms with E-state index in [0.29, 0.717) is 23.7 Å². The minimum Gasteiger partial charge on any atom is -0.367 e. The van der Waals surface area contributed by atoms with E-state index in [1.54, 1.807) is 0 Å². The molecule has 1 aromatic carbocycles. The van der Waals surface area contributed by atoms with Gasteiger partial charge in [0, 0.05) is 5.69 Å². The molecule has 1 saturated heterocycles. The summed E-state index contributed by atoms with van der Waals surface area (Å²) in [6.07, 6.45) is 5.63. The Bertz CT molecular complexity index is 705. The molecule has 4 nitrogen and oxygen atoms in total. The maximum absolute atomic E-state index is 12.8. The molecule has 3 fully saturated rings. The van der Waals surface area contributed by atoms with Gasteiger partial charge in [-0.25, -0.2) is 0 Å². The van der Waals surface area contributed by atoms with Crippen LogP contribution in [0.1, 0.15) is 12.0 Å². The third-order valence-electron chi connectivity index (χ3n) is 6.21. The standard InChI is InChI=1S/C19H20N2O2/c1-10-3-2-4-11(7-10)20-9-21-18(22)16-12-5-6-13(15-8-14(12)15)17(16)19(21)23/h2-7,12-17,20H,8-9H2,1H3. The van der Waals surface area contributed by atoms with Gasteiger partial charge >= 0.3 is 0 Å². The first-order chi connectivity index (χ1) is 11.1. The predicted molar refractivity (Wildman–Crippen MR) is 86.2 cm³/mol. The summed E-state index contributed by atoms with van der Waals surface area (Å²) in [7, 11) is 0. The van der Waals surface area contributed by atoms with Gasteiger partial charge in [-0.1, -0.05) is 24.3 Å². The number of anilines is 1. The Labute approximate surface area is 135 Å². The number of hydrogen-bond acceptors (Lipinski definition) is 3. The monoisotopic (exact) mass is 308 g/mol. The van der Waals surface area contributed by atoms with E-state index in [-0.39, 0.29) is 30.3 Å². The van der Waals surface area contributed by atoms with Crippen LogP contribution in [0.3, 0.4) is 0 Å². The van der Waals surface area contributed by atoms with E-state index in [0.717, 1.165) is 11.3 Å². The van der Waals surface area contributed by atoms with E-state index in [2.05, 4.69) is 17.5 Å². The topological polar surface area (TPSA) is 49.4 Å². The smallest absolute Gasteiger partial charge is 0.235 e. The quantitative estimate of drug-likeness (QED) is 0.689. The summed E-state index contributed by atoms with van der Waals surface area (Å²) in [5.74, 6) is 1.79.